The van der Waals surface area contributed by atoms with Crippen LogP contribution in [-0.2, 0) is 9.84 Å². The second-order valence-electron chi connectivity index (χ2n) is 8.15. The smallest absolute Gasteiger partial charge is 0.191 e. The number of sulfone groups is 1. The quantitative estimate of drug-likeness (QED) is 0.285. The number of nitrogens with one attached hydrogen (secondary N) is 2. The zero-order valence-corrected chi connectivity index (χ0v) is 21.6. The molecular weight excluding hydrogens is 513 g/mol. The first-order valence-corrected chi connectivity index (χ1v) is 12.0. The average molecular weight is 548 g/mol. The molecule has 0 radical (unpaired) electrons. The van der Waals surface area contributed by atoms with Gasteiger partial charge in [0.15, 0.2) is 5.96 Å². The lowest BCUT2D eigenvalue weighted by Crippen LogP contribution is -2.39. The molecule has 0 aliphatic rings. The zero-order chi connectivity index (χ0) is 21.5. The molecule has 1 heterocycles. The summed E-state index contributed by atoms with van der Waals surface area (Å²) in [5, 5.41) is 11.0. The van der Waals surface area contributed by atoms with Crippen LogP contribution < -0.4 is 10.6 Å². The van der Waals surface area contributed by atoms with Crippen LogP contribution >= 0.6 is 24.0 Å². The molecule has 2 aromatic rings. The van der Waals surface area contributed by atoms with E-state index in [1.54, 1.807) is 6.20 Å². The van der Waals surface area contributed by atoms with Gasteiger partial charge in [0.1, 0.15) is 9.84 Å². The topological polar surface area (TPSA) is 88.4 Å². The molecule has 0 spiro atoms. The van der Waals surface area contributed by atoms with Gasteiger partial charge < -0.3 is 10.6 Å². The number of halogens is 1. The molecule has 1 aromatic carbocycles. The summed E-state index contributed by atoms with van der Waals surface area (Å²) in [7, 11) is -2.97. The first-order valence-electron chi connectivity index (χ1n) is 9.92. The molecule has 168 valence electrons. The van der Waals surface area contributed by atoms with Gasteiger partial charge in [0.2, 0.25) is 0 Å². The van der Waals surface area contributed by atoms with Gasteiger partial charge in [0.25, 0.3) is 0 Å². The van der Waals surface area contributed by atoms with Crippen LogP contribution in [0.4, 0.5) is 0 Å². The second kappa shape index (κ2) is 11.7. The first-order chi connectivity index (χ1) is 13.6. The van der Waals surface area contributed by atoms with Crippen molar-refractivity contribution in [3.8, 4) is 5.69 Å². The summed E-state index contributed by atoms with van der Waals surface area (Å²) in [5.41, 5.74) is 1.93. The van der Waals surface area contributed by atoms with Crippen LogP contribution in [0.25, 0.3) is 5.69 Å². The van der Waals surface area contributed by atoms with Crippen molar-refractivity contribution in [1.29, 1.82) is 0 Å². The summed E-state index contributed by atoms with van der Waals surface area (Å²) >= 11 is 0. The Labute approximate surface area is 197 Å². The Hall–Kier alpha value is -1.62. The highest BCUT2D eigenvalue weighted by molar-refractivity contribution is 14.0. The standard InChI is InChI=1S/C21H33N5O2S.HI/c1-6-22-20(23-16-21(3,4)11-14-29(5,27)28)25-17(2)18-9-7-10-19(15-18)26-13-8-12-24-26;/h7-10,12-13,15,17H,6,11,14,16H2,1-5H3,(H2,22,23,25);1H. The summed E-state index contributed by atoms with van der Waals surface area (Å²) in [6.45, 7) is 9.48. The summed E-state index contributed by atoms with van der Waals surface area (Å²) in [4.78, 5) is 4.71. The van der Waals surface area contributed by atoms with E-state index in [9.17, 15) is 8.42 Å². The number of hydrogen-bond acceptors (Lipinski definition) is 4. The van der Waals surface area contributed by atoms with E-state index in [0.717, 1.165) is 23.8 Å². The third kappa shape index (κ3) is 9.03. The molecule has 0 bridgehead atoms. The van der Waals surface area contributed by atoms with E-state index < -0.39 is 9.84 Å². The molecule has 0 aliphatic carbocycles. The van der Waals surface area contributed by atoms with Gasteiger partial charge in [-0.1, -0.05) is 26.0 Å². The van der Waals surface area contributed by atoms with Crippen molar-refractivity contribution in [2.24, 2.45) is 10.4 Å². The third-order valence-corrected chi connectivity index (χ3v) is 5.60. The lowest BCUT2D eigenvalue weighted by Gasteiger charge is -2.24. The molecule has 0 fully saturated rings. The molecule has 0 saturated carbocycles. The molecule has 2 rings (SSSR count). The van der Waals surface area contributed by atoms with E-state index in [0.29, 0.717) is 13.0 Å². The Morgan fingerprint density at radius 3 is 2.63 bits per heavy atom. The zero-order valence-electron chi connectivity index (χ0n) is 18.4. The fraction of sp³-hybridized carbons (Fsp3) is 0.524. The summed E-state index contributed by atoms with van der Waals surface area (Å²) in [6.07, 6.45) is 5.53. The van der Waals surface area contributed by atoms with Gasteiger partial charge in [0.05, 0.1) is 17.5 Å². The number of aromatic nitrogens is 2. The predicted molar refractivity (Wildman–Crippen MR) is 135 cm³/mol. The van der Waals surface area contributed by atoms with E-state index in [-0.39, 0.29) is 41.2 Å². The highest BCUT2D eigenvalue weighted by Gasteiger charge is 2.20. The van der Waals surface area contributed by atoms with Crippen LogP contribution in [0.3, 0.4) is 0 Å². The minimum atomic E-state index is -2.97. The fourth-order valence-corrected chi connectivity index (χ4v) is 3.72. The molecule has 0 aliphatic heterocycles. The normalized spacial score (nSPS) is 13.4. The first kappa shape index (κ1) is 26.4. The summed E-state index contributed by atoms with van der Waals surface area (Å²) in [6, 6.07) is 10.2. The number of hydrogen-bond donors (Lipinski definition) is 2. The minimum absolute atomic E-state index is 0. The van der Waals surface area contributed by atoms with E-state index in [1.165, 1.54) is 6.26 Å². The van der Waals surface area contributed by atoms with Gasteiger partial charge in [-0.15, -0.1) is 24.0 Å². The molecule has 1 unspecified atom stereocenters. The van der Waals surface area contributed by atoms with E-state index in [1.807, 2.05) is 49.8 Å². The Kier molecular flexibility index (Phi) is 10.3. The Bertz CT molecular complexity index is 911. The molecule has 0 amide bonds. The second-order valence-corrected chi connectivity index (χ2v) is 10.4. The van der Waals surface area contributed by atoms with Crippen LogP contribution in [0.1, 0.15) is 45.7 Å². The molecule has 9 heteroatoms. The van der Waals surface area contributed by atoms with Gasteiger partial charge in [-0.2, -0.15) is 5.10 Å². The van der Waals surface area contributed by atoms with E-state index >= 15 is 0 Å². The summed E-state index contributed by atoms with van der Waals surface area (Å²) in [5.74, 6) is 0.896. The van der Waals surface area contributed by atoms with Crippen LogP contribution in [-0.4, -0.2) is 49.3 Å². The van der Waals surface area contributed by atoms with Crippen molar-refractivity contribution >= 4 is 39.8 Å². The Balaban J connectivity index is 0.00000450. The Morgan fingerprint density at radius 1 is 1.30 bits per heavy atom. The molecule has 2 N–H and O–H groups in total. The lowest BCUT2D eigenvalue weighted by molar-refractivity contribution is 0.365. The van der Waals surface area contributed by atoms with Crippen molar-refractivity contribution in [3.05, 3.63) is 48.3 Å². The molecule has 1 aromatic heterocycles. The number of benzene rings is 1. The van der Waals surface area contributed by atoms with Crippen molar-refractivity contribution in [3.63, 3.8) is 0 Å². The van der Waals surface area contributed by atoms with Crippen LogP contribution in [0, 0.1) is 5.41 Å². The molecule has 1 atom stereocenters. The summed E-state index contributed by atoms with van der Waals surface area (Å²) < 4.78 is 24.8. The van der Waals surface area contributed by atoms with Crippen LogP contribution in [0.5, 0.6) is 0 Å². The predicted octanol–water partition coefficient (Wildman–Crippen LogP) is 3.57. The largest absolute Gasteiger partial charge is 0.357 e. The fourth-order valence-electron chi connectivity index (χ4n) is 2.80. The van der Waals surface area contributed by atoms with Gasteiger partial charge in [-0.25, -0.2) is 13.1 Å². The van der Waals surface area contributed by atoms with E-state index in [4.69, 9.17) is 4.99 Å². The lowest BCUT2D eigenvalue weighted by atomic mass is 9.90. The van der Waals surface area contributed by atoms with Gasteiger partial charge in [0, 0.05) is 31.7 Å². The van der Waals surface area contributed by atoms with Crippen LogP contribution in [0.2, 0.25) is 0 Å². The van der Waals surface area contributed by atoms with Crippen molar-refractivity contribution in [2.45, 2.75) is 40.2 Å². The van der Waals surface area contributed by atoms with E-state index in [2.05, 4.69) is 34.8 Å². The van der Waals surface area contributed by atoms with Crippen molar-refractivity contribution < 1.29 is 8.42 Å². The highest BCUT2D eigenvalue weighted by Crippen LogP contribution is 2.22. The van der Waals surface area contributed by atoms with Crippen molar-refractivity contribution in [1.82, 2.24) is 20.4 Å². The maximum atomic E-state index is 11.5. The number of rotatable bonds is 9. The van der Waals surface area contributed by atoms with Crippen LogP contribution in [0.15, 0.2) is 47.7 Å². The SMILES string of the molecule is CCNC(=NCC(C)(C)CCS(C)(=O)=O)NC(C)c1cccc(-n2cccn2)c1.I. The molecular formula is C21H34IN5O2S. The van der Waals surface area contributed by atoms with Gasteiger partial charge in [-0.3, -0.25) is 4.99 Å². The highest BCUT2D eigenvalue weighted by atomic mass is 127. The molecule has 7 nitrogen and oxygen atoms in total. The van der Waals surface area contributed by atoms with Crippen molar-refractivity contribution in [2.75, 3.05) is 25.1 Å². The number of aliphatic imine (C=N–C) groups is 1. The number of nitrogens with zero attached hydrogens (tertiary/aromatic N) is 3. The average Bonchev–Trinajstić information content (AvgIpc) is 3.19. The van der Waals surface area contributed by atoms with Gasteiger partial charge >= 0.3 is 0 Å². The van der Waals surface area contributed by atoms with Gasteiger partial charge in [-0.05, 0) is 49.4 Å². The minimum Gasteiger partial charge on any atom is -0.357 e. The maximum Gasteiger partial charge on any atom is 0.191 e. The third-order valence-electron chi connectivity index (χ3n) is 4.65. The Morgan fingerprint density at radius 2 is 2.03 bits per heavy atom. The molecule has 0 saturated heterocycles. The monoisotopic (exact) mass is 547 g/mol. The molecule has 30 heavy (non-hydrogen) atoms. The maximum absolute atomic E-state index is 11.5. The number of guanidine groups is 1.